The summed E-state index contributed by atoms with van der Waals surface area (Å²) in [5.74, 6) is 0.0916. The van der Waals surface area contributed by atoms with Crippen LogP contribution in [-0.2, 0) is 9.53 Å². The van der Waals surface area contributed by atoms with Crippen molar-refractivity contribution in [3.63, 3.8) is 0 Å². The summed E-state index contributed by atoms with van der Waals surface area (Å²) in [6, 6.07) is 0.532. The SMILES string of the molecule is CNC1CC(C(=O)OC)C1.Cl. The molecule has 0 atom stereocenters. The third kappa shape index (κ3) is 2.34. The van der Waals surface area contributed by atoms with Crippen molar-refractivity contribution in [1.82, 2.24) is 5.32 Å². The van der Waals surface area contributed by atoms with E-state index in [4.69, 9.17) is 0 Å². The molecule has 1 N–H and O–H groups in total. The number of hydrogen-bond acceptors (Lipinski definition) is 3. The van der Waals surface area contributed by atoms with Crippen LogP contribution < -0.4 is 5.32 Å². The van der Waals surface area contributed by atoms with Gasteiger partial charge in [-0.15, -0.1) is 12.4 Å². The molecule has 0 aliphatic heterocycles. The summed E-state index contributed by atoms with van der Waals surface area (Å²) in [4.78, 5) is 10.8. The highest BCUT2D eigenvalue weighted by molar-refractivity contribution is 5.85. The lowest BCUT2D eigenvalue weighted by atomic mass is 9.80. The lowest BCUT2D eigenvalue weighted by Crippen LogP contribution is -2.42. The van der Waals surface area contributed by atoms with Crippen LogP contribution in [0.1, 0.15) is 12.8 Å². The van der Waals surface area contributed by atoms with Gasteiger partial charge in [0.05, 0.1) is 13.0 Å². The van der Waals surface area contributed by atoms with Crippen molar-refractivity contribution in [3.8, 4) is 0 Å². The van der Waals surface area contributed by atoms with Gasteiger partial charge in [-0.1, -0.05) is 0 Å². The van der Waals surface area contributed by atoms with Crippen LogP contribution in [0.25, 0.3) is 0 Å². The minimum absolute atomic E-state index is 0. The number of ether oxygens (including phenoxy) is 1. The predicted molar refractivity (Wildman–Crippen MR) is 44.8 cm³/mol. The molecular weight excluding hydrogens is 166 g/mol. The Kier molecular flexibility index (Phi) is 4.45. The van der Waals surface area contributed by atoms with Crippen molar-refractivity contribution in [1.29, 1.82) is 0 Å². The molecule has 1 rings (SSSR count). The van der Waals surface area contributed by atoms with E-state index in [1.54, 1.807) is 0 Å². The molecule has 4 heteroatoms. The third-order valence-electron chi connectivity index (χ3n) is 2.08. The van der Waals surface area contributed by atoms with Crippen LogP contribution in [0.15, 0.2) is 0 Å². The first-order valence-electron chi connectivity index (χ1n) is 3.53. The Morgan fingerprint density at radius 1 is 1.55 bits per heavy atom. The number of carbonyl (C=O) groups excluding carboxylic acids is 1. The number of rotatable bonds is 2. The molecule has 66 valence electrons. The number of halogens is 1. The van der Waals surface area contributed by atoms with E-state index in [1.165, 1.54) is 7.11 Å². The molecular formula is C7H14ClNO2. The quantitative estimate of drug-likeness (QED) is 0.631. The maximum atomic E-state index is 10.8. The molecule has 0 aromatic carbocycles. The highest BCUT2D eigenvalue weighted by atomic mass is 35.5. The molecule has 0 spiro atoms. The van der Waals surface area contributed by atoms with Crippen LogP contribution in [0, 0.1) is 5.92 Å². The molecule has 0 aromatic rings. The Morgan fingerprint density at radius 3 is 2.45 bits per heavy atom. The smallest absolute Gasteiger partial charge is 0.308 e. The first kappa shape index (κ1) is 10.7. The van der Waals surface area contributed by atoms with E-state index in [9.17, 15) is 4.79 Å². The summed E-state index contributed by atoms with van der Waals surface area (Å²) in [5.41, 5.74) is 0. The molecule has 11 heavy (non-hydrogen) atoms. The van der Waals surface area contributed by atoms with Gasteiger partial charge in [-0.05, 0) is 19.9 Å². The Labute approximate surface area is 72.9 Å². The zero-order valence-electron chi connectivity index (χ0n) is 6.79. The molecule has 0 bridgehead atoms. The van der Waals surface area contributed by atoms with Gasteiger partial charge in [-0.3, -0.25) is 4.79 Å². The molecule has 1 saturated carbocycles. The van der Waals surface area contributed by atoms with E-state index in [-0.39, 0.29) is 24.3 Å². The van der Waals surface area contributed by atoms with Crippen molar-refractivity contribution in [2.75, 3.05) is 14.2 Å². The van der Waals surface area contributed by atoms with Gasteiger partial charge in [-0.2, -0.15) is 0 Å². The molecule has 0 heterocycles. The van der Waals surface area contributed by atoms with E-state index in [0.717, 1.165) is 12.8 Å². The number of hydrogen-bond donors (Lipinski definition) is 1. The molecule has 0 radical (unpaired) electrons. The van der Waals surface area contributed by atoms with Crippen LogP contribution in [0.3, 0.4) is 0 Å². The monoisotopic (exact) mass is 179 g/mol. The van der Waals surface area contributed by atoms with Crippen LogP contribution >= 0.6 is 12.4 Å². The average molecular weight is 180 g/mol. The average Bonchev–Trinajstić information content (AvgIpc) is 1.85. The highest BCUT2D eigenvalue weighted by Crippen LogP contribution is 2.27. The van der Waals surface area contributed by atoms with E-state index >= 15 is 0 Å². The van der Waals surface area contributed by atoms with Crippen molar-refractivity contribution in [3.05, 3.63) is 0 Å². The standard InChI is InChI=1S/C7H13NO2.ClH/c1-8-6-3-5(4-6)7(9)10-2;/h5-6,8H,3-4H2,1-2H3;1H. The topological polar surface area (TPSA) is 38.3 Å². The Hall–Kier alpha value is -0.280. The summed E-state index contributed by atoms with van der Waals surface area (Å²) in [5, 5.41) is 3.10. The van der Waals surface area contributed by atoms with Gasteiger partial charge < -0.3 is 10.1 Å². The summed E-state index contributed by atoms with van der Waals surface area (Å²) in [7, 11) is 3.35. The summed E-state index contributed by atoms with van der Waals surface area (Å²) < 4.78 is 4.58. The molecule has 0 aromatic heterocycles. The second-order valence-electron chi connectivity index (χ2n) is 2.68. The predicted octanol–water partition coefficient (Wildman–Crippen LogP) is 0.579. The fourth-order valence-electron chi connectivity index (χ4n) is 1.21. The van der Waals surface area contributed by atoms with Crippen molar-refractivity contribution < 1.29 is 9.53 Å². The van der Waals surface area contributed by atoms with E-state index in [1.807, 2.05) is 7.05 Å². The van der Waals surface area contributed by atoms with Gasteiger partial charge >= 0.3 is 5.97 Å². The molecule has 3 nitrogen and oxygen atoms in total. The molecule has 1 aliphatic carbocycles. The minimum atomic E-state index is -0.0634. The van der Waals surface area contributed by atoms with E-state index in [2.05, 4.69) is 10.1 Å². The fourth-order valence-corrected chi connectivity index (χ4v) is 1.21. The van der Waals surface area contributed by atoms with Gasteiger partial charge in [0, 0.05) is 6.04 Å². The molecule has 1 aliphatic rings. The largest absolute Gasteiger partial charge is 0.469 e. The van der Waals surface area contributed by atoms with Gasteiger partial charge in [0.1, 0.15) is 0 Å². The van der Waals surface area contributed by atoms with E-state index < -0.39 is 0 Å². The van der Waals surface area contributed by atoms with Crippen LogP contribution in [0.5, 0.6) is 0 Å². The molecule has 0 saturated heterocycles. The molecule has 0 unspecified atom stereocenters. The normalized spacial score (nSPS) is 28.2. The van der Waals surface area contributed by atoms with Gasteiger partial charge in [-0.25, -0.2) is 0 Å². The lowest BCUT2D eigenvalue weighted by Gasteiger charge is -2.32. The lowest BCUT2D eigenvalue weighted by molar-refractivity contribution is -0.149. The third-order valence-corrected chi connectivity index (χ3v) is 2.08. The Bertz CT molecular complexity index is 134. The van der Waals surface area contributed by atoms with Gasteiger partial charge in [0.2, 0.25) is 0 Å². The Morgan fingerprint density at radius 2 is 2.09 bits per heavy atom. The zero-order chi connectivity index (χ0) is 7.56. The Balaban J connectivity index is 0.000001000. The molecule has 1 fully saturated rings. The second kappa shape index (κ2) is 4.57. The van der Waals surface area contributed by atoms with Crippen LogP contribution in [0.2, 0.25) is 0 Å². The summed E-state index contributed by atoms with van der Waals surface area (Å²) >= 11 is 0. The van der Waals surface area contributed by atoms with Crippen LogP contribution in [0.4, 0.5) is 0 Å². The highest BCUT2D eigenvalue weighted by Gasteiger charge is 2.33. The summed E-state index contributed by atoms with van der Waals surface area (Å²) in [6.07, 6.45) is 1.87. The first-order chi connectivity index (χ1) is 4.77. The van der Waals surface area contributed by atoms with Crippen molar-refractivity contribution in [2.24, 2.45) is 5.92 Å². The number of esters is 1. The number of methoxy groups -OCH3 is 1. The fraction of sp³-hybridized carbons (Fsp3) is 0.857. The van der Waals surface area contributed by atoms with Crippen molar-refractivity contribution >= 4 is 18.4 Å². The molecule has 0 amide bonds. The van der Waals surface area contributed by atoms with Crippen molar-refractivity contribution in [2.45, 2.75) is 18.9 Å². The van der Waals surface area contributed by atoms with E-state index in [0.29, 0.717) is 6.04 Å². The number of nitrogens with one attached hydrogen (secondary N) is 1. The zero-order valence-corrected chi connectivity index (χ0v) is 7.61. The van der Waals surface area contributed by atoms with Crippen LogP contribution in [-0.4, -0.2) is 26.2 Å². The maximum Gasteiger partial charge on any atom is 0.308 e. The minimum Gasteiger partial charge on any atom is -0.469 e. The second-order valence-corrected chi connectivity index (χ2v) is 2.68. The summed E-state index contributed by atoms with van der Waals surface area (Å²) in [6.45, 7) is 0. The maximum absolute atomic E-state index is 10.8. The first-order valence-corrected chi connectivity index (χ1v) is 3.53. The number of carbonyl (C=O) groups is 1. The van der Waals surface area contributed by atoms with Gasteiger partial charge in [0.15, 0.2) is 0 Å². The van der Waals surface area contributed by atoms with Gasteiger partial charge in [0.25, 0.3) is 0 Å².